The van der Waals surface area contributed by atoms with Crippen LogP contribution in [0.3, 0.4) is 0 Å². The molecule has 4 aromatic rings. The molecule has 3 heterocycles. The van der Waals surface area contributed by atoms with Crippen LogP contribution in [0.5, 0.6) is 5.75 Å². The third kappa shape index (κ3) is 2.83. The van der Waals surface area contributed by atoms with Gasteiger partial charge in [-0.2, -0.15) is 5.26 Å². The number of ether oxygens (including phenoxy) is 1. The third-order valence-electron chi connectivity index (χ3n) is 4.07. The van der Waals surface area contributed by atoms with Gasteiger partial charge in [-0.3, -0.25) is 9.38 Å². The highest BCUT2D eigenvalue weighted by Gasteiger charge is 2.19. The maximum atomic E-state index is 9.34. The number of aromatic nitrogens is 3. The Hall–Kier alpha value is -3.17. The summed E-state index contributed by atoms with van der Waals surface area (Å²) >= 11 is 1.56. The molecule has 0 saturated carbocycles. The summed E-state index contributed by atoms with van der Waals surface area (Å²) in [6, 6.07) is 16.0. The average Bonchev–Trinajstić information content (AvgIpc) is 3.24. The van der Waals surface area contributed by atoms with E-state index in [1.807, 2.05) is 49.4 Å². The Morgan fingerprint density at radius 2 is 2.04 bits per heavy atom. The summed E-state index contributed by atoms with van der Waals surface area (Å²) in [7, 11) is 0. The second-order valence-electron chi connectivity index (χ2n) is 5.65. The fourth-order valence-corrected chi connectivity index (χ4v) is 3.87. The molecule has 0 fully saturated rings. The van der Waals surface area contributed by atoms with Crippen molar-refractivity contribution in [3.63, 3.8) is 0 Å². The zero-order valence-corrected chi connectivity index (χ0v) is 15.0. The van der Waals surface area contributed by atoms with Crippen molar-refractivity contribution in [2.75, 3.05) is 6.61 Å². The molecule has 0 unspecified atom stereocenters. The fourth-order valence-electron chi connectivity index (χ4n) is 2.95. The summed E-state index contributed by atoms with van der Waals surface area (Å²) in [4.78, 5) is 10.0. The van der Waals surface area contributed by atoms with E-state index in [9.17, 15) is 5.26 Å². The molecular weight excluding hydrogens is 344 g/mol. The summed E-state index contributed by atoms with van der Waals surface area (Å²) in [5.41, 5.74) is 4.50. The molecule has 0 N–H and O–H groups in total. The molecule has 0 bridgehead atoms. The van der Waals surface area contributed by atoms with Gasteiger partial charge in [0.15, 0.2) is 4.96 Å². The van der Waals surface area contributed by atoms with Crippen LogP contribution in [0.4, 0.5) is 0 Å². The van der Waals surface area contributed by atoms with Gasteiger partial charge in [-0.1, -0.05) is 6.07 Å². The number of nitriles is 1. The Morgan fingerprint density at radius 3 is 2.73 bits per heavy atom. The molecule has 0 radical (unpaired) electrons. The van der Waals surface area contributed by atoms with E-state index in [2.05, 4.69) is 20.8 Å². The van der Waals surface area contributed by atoms with Gasteiger partial charge in [-0.25, -0.2) is 4.98 Å². The lowest BCUT2D eigenvalue weighted by atomic mass is 10.1. The summed E-state index contributed by atoms with van der Waals surface area (Å²) in [5, 5.41) is 11.4. The lowest BCUT2D eigenvalue weighted by Gasteiger charge is -2.06. The molecule has 0 aliphatic heterocycles. The van der Waals surface area contributed by atoms with Crippen LogP contribution in [-0.2, 0) is 6.42 Å². The number of hydrogen-bond acceptors (Lipinski definition) is 5. The first-order chi connectivity index (χ1) is 12.8. The second-order valence-corrected chi connectivity index (χ2v) is 6.49. The SMILES string of the molecule is CCOc1ccc(-c2csc3nc(-c4ccccn4)c(CC#N)n23)cc1. The minimum atomic E-state index is 0.272. The van der Waals surface area contributed by atoms with Gasteiger partial charge in [0.25, 0.3) is 0 Å². The molecule has 0 amide bonds. The quantitative estimate of drug-likeness (QED) is 0.522. The molecule has 26 heavy (non-hydrogen) atoms. The van der Waals surface area contributed by atoms with Crippen molar-refractivity contribution in [3.05, 3.63) is 59.7 Å². The van der Waals surface area contributed by atoms with E-state index in [4.69, 9.17) is 9.72 Å². The molecule has 5 nitrogen and oxygen atoms in total. The van der Waals surface area contributed by atoms with Crippen molar-refractivity contribution in [3.8, 4) is 34.5 Å². The first-order valence-corrected chi connectivity index (χ1v) is 9.20. The van der Waals surface area contributed by atoms with Crippen molar-refractivity contribution < 1.29 is 4.74 Å². The Kier molecular flexibility index (Phi) is 4.38. The van der Waals surface area contributed by atoms with Crippen LogP contribution < -0.4 is 4.74 Å². The number of nitrogens with zero attached hydrogens (tertiary/aromatic N) is 4. The number of pyridine rings is 1. The maximum Gasteiger partial charge on any atom is 0.195 e. The zero-order valence-electron chi connectivity index (χ0n) is 14.2. The minimum Gasteiger partial charge on any atom is -0.494 e. The number of fused-ring (bicyclic) bond motifs is 1. The highest BCUT2D eigenvalue weighted by Crippen LogP contribution is 2.33. The van der Waals surface area contributed by atoms with Gasteiger partial charge in [0.1, 0.15) is 11.4 Å². The molecule has 0 aliphatic carbocycles. The van der Waals surface area contributed by atoms with Crippen LogP contribution >= 0.6 is 11.3 Å². The predicted molar refractivity (Wildman–Crippen MR) is 102 cm³/mol. The molecule has 0 saturated heterocycles. The minimum absolute atomic E-state index is 0.272. The summed E-state index contributed by atoms with van der Waals surface area (Å²) < 4.78 is 7.59. The summed E-state index contributed by atoms with van der Waals surface area (Å²) in [6.07, 6.45) is 2.01. The van der Waals surface area contributed by atoms with Crippen molar-refractivity contribution in [1.29, 1.82) is 5.26 Å². The topological polar surface area (TPSA) is 63.2 Å². The summed E-state index contributed by atoms with van der Waals surface area (Å²) in [5.74, 6) is 0.847. The lowest BCUT2D eigenvalue weighted by molar-refractivity contribution is 0.340. The van der Waals surface area contributed by atoms with E-state index in [0.717, 1.165) is 39.0 Å². The number of benzene rings is 1. The molecule has 0 spiro atoms. The number of rotatable bonds is 5. The first kappa shape index (κ1) is 16.3. The van der Waals surface area contributed by atoms with Crippen LogP contribution in [0.1, 0.15) is 12.6 Å². The lowest BCUT2D eigenvalue weighted by Crippen LogP contribution is -1.96. The number of thiazole rings is 1. The molecular formula is C20H16N4OS. The summed E-state index contributed by atoms with van der Waals surface area (Å²) in [6.45, 7) is 2.61. The van der Waals surface area contributed by atoms with Crippen LogP contribution in [0.25, 0.3) is 27.6 Å². The second kappa shape index (κ2) is 6.98. The van der Waals surface area contributed by atoms with Crippen LogP contribution in [0, 0.1) is 11.3 Å². The monoisotopic (exact) mass is 360 g/mol. The number of imidazole rings is 1. The molecule has 4 rings (SSSR count). The van der Waals surface area contributed by atoms with Crippen molar-refractivity contribution in [2.24, 2.45) is 0 Å². The van der Waals surface area contributed by atoms with Gasteiger partial charge in [0, 0.05) is 11.6 Å². The molecule has 6 heteroatoms. The number of hydrogen-bond donors (Lipinski definition) is 0. The smallest absolute Gasteiger partial charge is 0.195 e. The van der Waals surface area contributed by atoms with E-state index in [1.54, 1.807) is 17.5 Å². The zero-order chi connectivity index (χ0) is 17.9. The normalized spacial score (nSPS) is 10.8. The van der Waals surface area contributed by atoms with E-state index in [0.29, 0.717) is 6.61 Å². The molecule has 0 aliphatic rings. The van der Waals surface area contributed by atoms with E-state index >= 15 is 0 Å². The van der Waals surface area contributed by atoms with Crippen LogP contribution in [0.15, 0.2) is 54.0 Å². The van der Waals surface area contributed by atoms with E-state index in [1.165, 1.54) is 0 Å². The van der Waals surface area contributed by atoms with Crippen molar-refractivity contribution in [1.82, 2.24) is 14.4 Å². The van der Waals surface area contributed by atoms with Gasteiger partial charge < -0.3 is 4.74 Å². The average molecular weight is 360 g/mol. The first-order valence-electron chi connectivity index (χ1n) is 8.32. The van der Waals surface area contributed by atoms with Gasteiger partial charge in [0.05, 0.1) is 36.2 Å². The molecule has 1 aromatic carbocycles. The largest absolute Gasteiger partial charge is 0.494 e. The van der Waals surface area contributed by atoms with Gasteiger partial charge in [-0.15, -0.1) is 11.3 Å². The van der Waals surface area contributed by atoms with Crippen molar-refractivity contribution in [2.45, 2.75) is 13.3 Å². The predicted octanol–water partition coefficient (Wildman–Crippen LogP) is 4.59. The van der Waals surface area contributed by atoms with Gasteiger partial charge >= 0.3 is 0 Å². The standard InChI is InChI=1S/C20H16N4OS/c1-2-25-15-8-6-14(7-9-15)18-13-26-20-23-19(16-5-3-4-12-22-16)17(10-11-21)24(18)20/h3-9,12-13H,2,10H2,1H3. The highest BCUT2D eigenvalue weighted by molar-refractivity contribution is 7.15. The van der Waals surface area contributed by atoms with Crippen LogP contribution in [-0.4, -0.2) is 21.0 Å². The molecule has 0 atom stereocenters. The van der Waals surface area contributed by atoms with E-state index in [-0.39, 0.29) is 6.42 Å². The maximum absolute atomic E-state index is 9.34. The van der Waals surface area contributed by atoms with Gasteiger partial charge in [0.2, 0.25) is 0 Å². The Labute approximate surface area is 155 Å². The van der Waals surface area contributed by atoms with Crippen molar-refractivity contribution >= 4 is 16.3 Å². The third-order valence-corrected chi connectivity index (χ3v) is 4.90. The molecule has 3 aromatic heterocycles. The molecule has 128 valence electrons. The van der Waals surface area contributed by atoms with E-state index < -0.39 is 0 Å². The Bertz CT molecular complexity index is 1070. The highest BCUT2D eigenvalue weighted by atomic mass is 32.1. The van der Waals surface area contributed by atoms with Crippen LogP contribution in [0.2, 0.25) is 0 Å². The Morgan fingerprint density at radius 1 is 1.19 bits per heavy atom. The fraction of sp³-hybridized carbons (Fsp3) is 0.150. The Balaban J connectivity index is 1.87. The van der Waals surface area contributed by atoms with Gasteiger partial charge in [-0.05, 0) is 48.9 Å².